The number of aromatic nitrogens is 2. The average molecular weight is 393 g/mol. The molecule has 1 aliphatic carbocycles. The van der Waals surface area contributed by atoms with Gasteiger partial charge in [-0.05, 0) is 49.6 Å². The number of primary sulfonamides is 1. The Bertz CT molecular complexity index is 1090. The van der Waals surface area contributed by atoms with Gasteiger partial charge in [-0.2, -0.15) is 8.78 Å². The van der Waals surface area contributed by atoms with Crippen LogP contribution in [0, 0.1) is 0 Å². The van der Waals surface area contributed by atoms with Crippen LogP contribution in [0.15, 0.2) is 47.5 Å². The van der Waals surface area contributed by atoms with E-state index in [0.717, 1.165) is 35.9 Å². The Kier molecular flexibility index (Phi) is 4.35. The van der Waals surface area contributed by atoms with E-state index in [1.807, 2.05) is 6.07 Å². The Balaban J connectivity index is 1.84. The lowest BCUT2D eigenvalue weighted by atomic mass is 9.92. The van der Waals surface area contributed by atoms with Gasteiger partial charge >= 0.3 is 6.61 Å². The number of pyridine rings is 1. The SMILES string of the molecule is NS(=O)(=O)c1ccc(-c2cc3ccc(OC(F)F)cc3n2C2CCC2)nc1. The van der Waals surface area contributed by atoms with E-state index in [2.05, 4.69) is 14.3 Å². The van der Waals surface area contributed by atoms with Gasteiger partial charge in [0.25, 0.3) is 0 Å². The van der Waals surface area contributed by atoms with Crippen molar-refractivity contribution >= 4 is 20.9 Å². The molecule has 1 saturated carbocycles. The van der Waals surface area contributed by atoms with Crippen LogP contribution in [0.3, 0.4) is 0 Å². The molecule has 9 heteroatoms. The fraction of sp³-hybridized carbons (Fsp3) is 0.278. The molecule has 2 aromatic heterocycles. The van der Waals surface area contributed by atoms with Crippen LogP contribution in [0.4, 0.5) is 8.78 Å². The number of halogens is 2. The van der Waals surface area contributed by atoms with E-state index < -0.39 is 16.6 Å². The molecule has 3 aromatic rings. The Morgan fingerprint density at radius 1 is 1.19 bits per heavy atom. The summed E-state index contributed by atoms with van der Waals surface area (Å²) in [5, 5.41) is 5.99. The van der Waals surface area contributed by atoms with Crippen molar-refractivity contribution in [1.82, 2.24) is 9.55 Å². The van der Waals surface area contributed by atoms with Crippen molar-refractivity contribution in [3.05, 3.63) is 42.6 Å². The van der Waals surface area contributed by atoms with Gasteiger partial charge in [-0.1, -0.05) is 0 Å². The summed E-state index contributed by atoms with van der Waals surface area (Å²) in [6.45, 7) is -2.89. The lowest BCUT2D eigenvalue weighted by Crippen LogP contribution is -2.18. The van der Waals surface area contributed by atoms with Crippen molar-refractivity contribution in [2.45, 2.75) is 36.8 Å². The molecule has 0 bridgehead atoms. The minimum Gasteiger partial charge on any atom is -0.435 e. The first-order valence-corrected chi connectivity index (χ1v) is 9.96. The monoisotopic (exact) mass is 393 g/mol. The van der Waals surface area contributed by atoms with Crippen molar-refractivity contribution < 1.29 is 21.9 Å². The molecular formula is C18H17F2N3O3S. The van der Waals surface area contributed by atoms with E-state index in [1.165, 1.54) is 18.3 Å². The van der Waals surface area contributed by atoms with Gasteiger partial charge in [0.05, 0.1) is 16.9 Å². The zero-order chi connectivity index (χ0) is 19.2. The van der Waals surface area contributed by atoms with E-state index in [0.29, 0.717) is 5.69 Å². The van der Waals surface area contributed by atoms with Gasteiger partial charge in [-0.3, -0.25) is 4.98 Å². The maximum absolute atomic E-state index is 12.6. The van der Waals surface area contributed by atoms with Crippen LogP contribution >= 0.6 is 0 Å². The molecule has 1 fully saturated rings. The summed E-state index contributed by atoms with van der Waals surface area (Å²) >= 11 is 0. The number of benzene rings is 1. The summed E-state index contributed by atoms with van der Waals surface area (Å²) in [5.41, 5.74) is 2.16. The summed E-state index contributed by atoms with van der Waals surface area (Å²) < 4.78 is 54.6. The highest BCUT2D eigenvalue weighted by Crippen LogP contribution is 2.40. The quantitative estimate of drug-likeness (QED) is 0.716. The first-order valence-electron chi connectivity index (χ1n) is 8.42. The summed E-state index contributed by atoms with van der Waals surface area (Å²) in [5.74, 6) is 0.0975. The maximum Gasteiger partial charge on any atom is 0.387 e. The van der Waals surface area contributed by atoms with Crippen LogP contribution in [-0.2, 0) is 10.0 Å². The van der Waals surface area contributed by atoms with Crippen molar-refractivity contribution in [3.8, 4) is 17.1 Å². The number of hydrogen-bond acceptors (Lipinski definition) is 4. The third kappa shape index (κ3) is 3.40. The fourth-order valence-corrected chi connectivity index (χ4v) is 3.77. The van der Waals surface area contributed by atoms with E-state index >= 15 is 0 Å². The Morgan fingerprint density at radius 3 is 2.52 bits per heavy atom. The maximum atomic E-state index is 12.6. The van der Waals surface area contributed by atoms with Crippen LogP contribution < -0.4 is 9.88 Å². The van der Waals surface area contributed by atoms with Gasteiger partial charge in [0.1, 0.15) is 10.6 Å². The second-order valence-electron chi connectivity index (χ2n) is 6.51. The van der Waals surface area contributed by atoms with Crippen LogP contribution in [0.25, 0.3) is 22.3 Å². The predicted molar refractivity (Wildman–Crippen MR) is 96.1 cm³/mol. The van der Waals surface area contributed by atoms with Crippen LogP contribution in [0.2, 0.25) is 0 Å². The number of nitrogens with two attached hydrogens (primary N) is 1. The highest BCUT2D eigenvalue weighted by molar-refractivity contribution is 7.89. The first kappa shape index (κ1) is 17.9. The molecule has 6 nitrogen and oxygen atoms in total. The van der Waals surface area contributed by atoms with Crippen molar-refractivity contribution in [1.29, 1.82) is 0 Å². The molecule has 1 aliphatic rings. The number of sulfonamides is 1. The van der Waals surface area contributed by atoms with E-state index in [-0.39, 0.29) is 16.7 Å². The third-order valence-electron chi connectivity index (χ3n) is 4.81. The molecule has 27 heavy (non-hydrogen) atoms. The van der Waals surface area contributed by atoms with Gasteiger partial charge in [-0.15, -0.1) is 0 Å². The number of fused-ring (bicyclic) bond motifs is 1. The topological polar surface area (TPSA) is 87.2 Å². The smallest absolute Gasteiger partial charge is 0.387 e. The lowest BCUT2D eigenvalue weighted by Gasteiger charge is -2.30. The Morgan fingerprint density at radius 2 is 1.96 bits per heavy atom. The largest absolute Gasteiger partial charge is 0.435 e. The second-order valence-corrected chi connectivity index (χ2v) is 8.07. The predicted octanol–water partition coefficient (Wildman–Crippen LogP) is 3.68. The zero-order valence-electron chi connectivity index (χ0n) is 14.2. The normalized spacial score (nSPS) is 15.3. The number of alkyl halides is 2. The highest BCUT2D eigenvalue weighted by atomic mass is 32.2. The van der Waals surface area contributed by atoms with Gasteiger partial charge in [-0.25, -0.2) is 13.6 Å². The molecule has 0 amide bonds. The lowest BCUT2D eigenvalue weighted by molar-refractivity contribution is -0.0497. The number of hydrogen-bond donors (Lipinski definition) is 1. The molecule has 142 valence electrons. The summed E-state index contributed by atoms with van der Waals surface area (Å²) in [4.78, 5) is 4.19. The standard InChI is InChI=1S/C18H17F2N3O3S/c19-18(20)26-13-5-4-11-8-17(23(16(11)9-13)12-2-1-3-12)15-7-6-14(10-22-15)27(21,24)25/h4-10,12,18H,1-3H2,(H2,21,24,25). The molecule has 0 aliphatic heterocycles. The number of rotatable bonds is 5. The van der Waals surface area contributed by atoms with Crippen LogP contribution in [0.1, 0.15) is 25.3 Å². The Hall–Kier alpha value is -2.52. The molecule has 4 rings (SSSR count). The molecule has 0 saturated heterocycles. The van der Waals surface area contributed by atoms with Crippen LogP contribution in [-0.4, -0.2) is 24.6 Å². The summed E-state index contributed by atoms with van der Waals surface area (Å²) in [6.07, 6.45) is 4.27. The summed E-state index contributed by atoms with van der Waals surface area (Å²) in [6, 6.07) is 9.98. The Labute approximate surface area is 154 Å². The fourth-order valence-electron chi connectivity index (χ4n) is 3.31. The molecule has 0 unspecified atom stereocenters. The van der Waals surface area contributed by atoms with E-state index in [9.17, 15) is 17.2 Å². The second kappa shape index (κ2) is 6.58. The molecular weight excluding hydrogens is 376 g/mol. The average Bonchev–Trinajstić information content (AvgIpc) is 2.91. The molecule has 0 radical (unpaired) electrons. The van der Waals surface area contributed by atoms with E-state index in [1.54, 1.807) is 18.2 Å². The van der Waals surface area contributed by atoms with Gasteiger partial charge in [0.2, 0.25) is 10.0 Å². The molecule has 2 heterocycles. The number of nitrogens with zero attached hydrogens (tertiary/aromatic N) is 2. The minimum absolute atomic E-state index is 0.0647. The third-order valence-corrected chi connectivity index (χ3v) is 5.70. The summed E-state index contributed by atoms with van der Waals surface area (Å²) in [7, 11) is -3.82. The first-order chi connectivity index (χ1) is 12.8. The molecule has 0 atom stereocenters. The van der Waals surface area contributed by atoms with Gasteiger partial charge < -0.3 is 9.30 Å². The van der Waals surface area contributed by atoms with Crippen molar-refractivity contribution in [3.63, 3.8) is 0 Å². The van der Waals surface area contributed by atoms with Gasteiger partial charge in [0, 0.05) is 23.7 Å². The zero-order valence-corrected chi connectivity index (χ0v) is 15.0. The molecule has 1 aromatic carbocycles. The molecule has 2 N–H and O–H groups in total. The van der Waals surface area contributed by atoms with Crippen molar-refractivity contribution in [2.24, 2.45) is 5.14 Å². The number of ether oxygens (including phenoxy) is 1. The molecule has 0 spiro atoms. The minimum atomic E-state index is -3.82. The van der Waals surface area contributed by atoms with Gasteiger partial charge in [0.15, 0.2) is 0 Å². The van der Waals surface area contributed by atoms with Crippen molar-refractivity contribution in [2.75, 3.05) is 0 Å². The van der Waals surface area contributed by atoms with E-state index in [4.69, 9.17) is 5.14 Å². The van der Waals surface area contributed by atoms with Crippen LogP contribution in [0.5, 0.6) is 5.75 Å². The highest BCUT2D eigenvalue weighted by Gasteiger charge is 2.25.